The standard InChI is InChI=1S/C10H20NO/c1-5-9-11(7-3,8-4)10(12)6-2/h6H,2,5,7-9H2,1,3-4H3/q+1. The highest BCUT2D eigenvalue weighted by Gasteiger charge is 2.29. The van der Waals surface area contributed by atoms with Crippen molar-refractivity contribution in [3.05, 3.63) is 12.7 Å². The summed E-state index contributed by atoms with van der Waals surface area (Å²) in [5, 5.41) is 0. The topological polar surface area (TPSA) is 17.1 Å². The second-order valence-corrected chi connectivity index (χ2v) is 3.04. The minimum Gasteiger partial charge on any atom is -0.257 e. The molecule has 0 aromatic heterocycles. The lowest BCUT2D eigenvalue weighted by molar-refractivity contribution is -0.848. The Morgan fingerprint density at radius 1 is 1.33 bits per heavy atom. The maximum atomic E-state index is 11.5. The van der Waals surface area contributed by atoms with Crippen molar-refractivity contribution in [2.24, 2.45) is 0 Å². The van der Waals surface area contributed by atoms with Gasteiger partial charge in [-0.25, -0.2) is 4.79 Å². The Morgan fingerprint density at radius 3 is 2.08 bits per heavy atom. The van der Waals surface area contributed by atoms with Gasteiger partial charge in [-0.15, -0.1) is 0 Å². The second kappa shape index (κ2) is 5.09. The zero-order valence-corrected chi connectivity index (χ0v) is 8.47. The van der Waals surface area contributed by atoms with Crippen LogP contribution in [0.2, 0.25) is 0 Å². The number of likely N-dealkylation sites (N-methyl/N-ethyl adjacent to an activating group) is 1. The van der Waals surface area contributed by atoms with E-state index in [-0.39, 0.29) is 5.91 Å². The molecule has 0 aromatic rings. The summed E-state index contributed by atoms with van der Waals surface area (Å²) >= 11 is 0. The van der Waals surface area contributed by atoms with Crippen LogP contribution in [0.25, 0.3) is 0 Å². The molecule has 0 radical (unpaired) electrons. The van der Waals surface area contributed by atoms with Crippen molar-refractivity contribution in [3.8, 4) is 0 Å². The van der Waals surface area contributed by atoms with Crippen LogP contribution in [-0.2, 0) is 4.79 Å². The number of quaternary nitrogens is 1. The Morgan fingerprint density at radius 2 is 1.83 bits per heavy atom. The maximum absolute atomic E-state index is 11.5. The van der Waals surface area contributed by atoms with E-state index >= 15 is 0 Å². The normalized spacial score (nSPS) is 11.2. The first-order valence-corrected chi connectivity index (χ1v) is 4.69. The lowest BCUT2D eigenvalue weighted by Crippen LogP contribution is -2.52. The number of carbonyl (C=O) groups excluding carboxylic acids is 1. The van der Waals surface area contributed by atoms with Crippen LogP contribution < -0.4 is 0 Å². The molecule has 0 aliphatic carbocycles. The van der Waals surface area contributed by atoms with Crippen molar-refractivity contribution in [2.75, 3.05) is 19.6 Å². The third-order valence-electron chi connectivity index (χ3n) is 2.50. The van der Waals surface area contributed by atoms with Gasteiger partial charge in [-0.05, 0) is 20.3 Å². The highest BCUT2D eigenvalue weighted by atomic mass is 16.2. The largest absolute Gasteiger partial charge is 0.338 e. The van der Waals surface area contributed by atoms with Crippen molar-refractivity contribution in [3.63, 3.8) is 0 Å². The zero-order valence-electron chi connectivity index (χ0n) is 8.47. The Balaban J connectivity index is 4.55. The molecule has 2 heteroatoms. The van der Waals surface area contributed by atoms with E-state index in [0.717, 1.165) is 26.1 Å². The minimum absolute atomic E-state index is 0.154. The van der Waals surface area contributed by atoms with E-state index in [0.29, 0.717) is 4.48 Å². The molecule has 0 spiro atoms. The average Bonchev–Trinajstić information content (AvgIpc) is 2.13. The molecule has 0 fully saturated rings. The van der Waals surface area contributed by atoms with Gasteiger partial charge >= 0.3 is 5.91 Å². The molecular formula is C10H20NO+. The highest BCUT2D eigenvalue weighted by molar-refractivity contribution is 5.80. The summed E-state index contributed by atoms with van der Waals surface area (Å²) < 4.78 is 0.556. The van der Waals surface area contributed by atoms with Crippen LogP contribution in [0.1, 0.15) is 27.2 Å². The molecule has 0 saturated carbocycles. The molecule has 2 nitrogen and oxygen atoms in total. The van der Waals surface area contributed by atoms with Gasteiger partial charge in [0.05, 0.1) is 19.6 Å². The van der Waals surface area contributed by atoms with Crippen LogP contribution in [0.15, 0.2) is 12.7 Å². The summed E-state index contributed by atoms with van der Waals surface area (Å²) in [7, 11) is 0. The summed E-state index contributed by atoms with van der Waals surface area (Å²) in [5.41, 5.74) is 0. The molecule has 0 heterocycles. The number of rotatable bonds is 5. The summed E-state index contributed by atoms with van der Waals surface area (Å²) in [5.74, 6) is 0.154. The first kappa shape index (κ1) is 11.4. The maximum Gasteiger partial charge on any atom is 0.338 e. The van der Waals surface area contributed by atoms with Gasteiger partial charge in [-0.2, -0.15) is 0 Å². The van der Waals surface area contributed by atoms with Gasteiger partial charge in [-0.3, -0.25) is 4.48 Å². The molecule has 0 N–H and O–H groups in total. The predicted molar refractivity (Wildman–Crippen MR) is 51.7 cm³/mol. The Labute approximate surface area is 75.5 Å². The second-order valence-electron chi connectivity index (χ2n) is 3.04. The fourth-order valence-electron chi connectivity index (χ4n) is 1.58. The number of carbonyl (C=O) groups is 1. The number of amides is 1. The Kier molecular flexibility index (Phi) is 4.83. The molecule has 0 unspecified atom stereocenters. The van der Waals surface area contributed by atoms with Crippen LogP contribution in [-0.4, -0.2) is 30.0 Å². The quantitative estimate of drug-likeness (QED) is 0.455. The molecule has 70 valence electrons. The van der Waals surface area contributed by atoms with Gasteiger partial charge in [0.2, 0.25) is 0 Å². The van der Waals surface area contributed by atoms with Crippen LogP contribution in [0.3, 0.4) is 0 Å². The van der Waals surface area contributed by atoms with Crippen LogP contribution >= 0.6 is 0 Å². The summed E-state index contributed by atoms with van der Waals surface area (Å²) in [6, 6.07) is 0. The van der Waals surface area contributed by atoms with Gasteiger partial charge in [0, 0.05) is 6.08 Å². The molecule has 1 amide bonds. The van der Waals surface area contributed by atoms with E-state index in [1.165, 1.54) is 6.08 Å². The smallest absolute Gasteiger partial charge is 0.257 e. The monoisotopic (exact) mass is 170 g/mol. The van der Waals surface area contributed by atoms with Gasteiger partial charge < -0.3 is 0 Å². The van der Waals surface area contributed by atoms with E-state index in [9.17, 15) is 4.79 Å². The van der Waals surface area contributed by atoms with Crippen molar-refractivity contribution >= 4 is 5.91 Å². The van der Waals surface area contributed by atoms with E-state index in [1.807, 2.05) is 0 Å². The van der Waals surface area contributed by atoms with Crippen LogP contribution in [0.4, 0.5) is 0 Å². The first-order chi connectivity index (χ1) is 5.66. The summed E-state index contributed by atoms with van der Waals surface area (Å²) in [6.07, 6.45) is 2.49. The van der Waals surface area contributed by atoms with E-state index in [4.69, 9.17) is 0 Å². The molecule has 0 bridgehead atoms. The van der Waals surface area contributed by atoms with Gasteiger partial charge in [0.25, 0.3) is 0 Å². The van der Waals surface area contributed by atoms with Gasteiger partial charge in [0.15, 0.2) is 0 Å². The molecular weight excluding hydrogens is 150 g/mol. The molecule has 0 aromatic carbocycles. The number of hydrogen-bond donors (Lipinski definition) is 0. The van der Waals surface area contributed by atoms with Crippen molar-refractivity contribution < 1.29 is 9.28 Å². The van der Waals surface area contributed by atoms with Crippen molar-refractivity contribution in [1.29, 1.82) is 0 Å². The third kappa shape index (κ3) is 2.18. The molecule has 0 saturated heterocycles. The lowest BCUT2D eigenvalue weighted by Gasteiger charge is -2.32. The fourth-order valence-corrected chi connectivity index (χ4v) is 1.58. The molecule has 12 heavy (non-hydrogen) atoms. The van der Waals surface area contributed by atoms with Crippen LogP contribution in [0.5, 0.6) is 0 Å². The molecule has 0 aliphatic rings. The fraction of sp³-hybridized carbons (Fsp3) is 0.700. The van der Waals surface area contributed by atoms with Gasteiger partial charge in [0.1, 0.15) is 0 Å². The summed E-state index contributed by atoms with van der Waals surface area (Å²) in [6.45, 7) is 12.4. The zero-order chi connectivity index (χ0) is 9.61. The molecule has 0 aliphatic heterocycles. The third-order valence-corrected chi connectivity index (χ3v) is 2.50. The molecule has 0 rings (SSSR count). The first-order valence-electron chi connectivity index (χ1n) is 4.69. The summed E-state index contributed by atoms with van der Waals surface area (Å²) in [4.78, 5) is 11.5. The Hall–Kier alpha value is -0.630. The average molecular weight is 170 g/mol. The van der Waals surface area contributed by atoms with E-state index in [2.05, 4.69) is 27.4 Å². The van der Waals surface area contributed by atoms with E-state index < -0.39 is 0 Å². The van der Waals surface area contributed by atoms with Crippen LogP contribution in [0, 0.1) is 0 Å². The highest BCUT2D eigenvalue weighted by Crippen LogP contribution is 2.09. The van der Waals surface area contributed by atoms with Crippen molar-refractivity contribution in [2.45, 2.75) is 27.2 Å². The predicted octanol–water partition coefficient (Wildman–Crippen LogP) is 1.97. The Bertz CT molecular complexity index is 159. The van der Waals surface area contributed by atoms with Crippen molar-refractivity contribution in [1.82, 2.24) is 0 Å². The lowest BCUT2D eigenvalue weighted by atomic mass is 10.3. The SMILES string of the molecule is C=CC(=O)[N+](CC)(CC)CCC. The molecule has 0 atom stereocenters. The van der Waals surface area contributed by atoms with Gasteiger partial charge in [-0.1, -0.05) is 13.5 Å². The number of nitrogens with zero attached hydrogens (tertiary/aromatic N) is 1. The number of hydrogen-bond acceptors (Lipinski definition) is 1. The minimum atomic E-state index is 0.154. The van der Waals surface area contributed by atoms with E-state index in [1.54, 1.807) is 0 Å².